The van der Waals surface area contributed by atoms with E-state index in [1.165, 1.54) is 38.5 Å². The summed E-state index contributed by atoms with van der Waals surface area (Å²) in [5.74, 6) is -0.711. The Morgan fingerprint density at radius 3 is 1.50 bits per heavy atom. The first kappa shape index (κ1) is 24.7. The smallest absolute Gasteiger partial charge is 0.334 e. The second-order valence-corrected chi connectivity index (χ2v) is 6.81. The molecule has 4 heteroatoms. The van der Waals surface area contributed by atoms with Crippen LogP contribution in [0, 0.1) is 0 Å². The Hall–Kier alpha value is -1.32. The highest BCUT2D eigenvalue weighted by Crippen LogP contribution is 2.20. The van der Waals surface area contributed by atoms with Crippen LogP contribution in [-0.4, -0.2) is 25.2 Å². The van der Waals surface area contributed by atoms with E-state index >= 15 is 0 Å². The van der Waals surface area contributed by atoms with Crippen LogP contribution < -0.4 is 0 Å². The van der Waals surface area contributed by atoms with Gasteiger partial charge in [-0.1, -0.05) is 72.6 Å². The Kier molecular flexibility index (Phi) is 16.2. The summed E-state index contributed by atoms with van der Waals surface area (Å²) in [5.41, 5.74) is 1.01. The molecule has 4 nitrogen and oxygen atoms in total. The van der Waals surface area contributed by atoms with Crippen LogP contribution in [0.1, 0.15) is 105 Å². The first-order valence-electron chi connectivity index (χ1n) is 10.7. The van der Waals surface area contributed by atoms with E-state index in [9.17, 15) is 9.59 Å². The van der Waals surface area contributed by atoms with Crippen molar-refractivity contribution < 1.29 is 19.1 Å². The maximum absolute atomic E-state index is 12.4. The van der Waals surface area contributed by atoms with Gasteiger partial charge in [0.15, 0.2) is 0 Å². The summed E-state index contributed by atoms with van der Waals surface area (Å²) in [7, 11) is 0. The molecular weight excluding hydrogens is 328 g/mol. The van der Waals surface area contributed by atoms with Crippen LogP contribution in [0.4, 0.5) is 0 Å². The minimum atomic E-state index is -0.364. The van der Waals surface area contributed by atoms with Gasteiger partial charge in [0.1, 0.15) is 0 Å². The number of carbonyl (C=O) groups excluding carboxylic acids is 2. The molecule has 0 aromatic carbocycles. The van der Waals surface area contributed by atoms with Crippen molar-refractivity contribution in [3.63, 3.8) is 0 Å². The molecule has 0 spiro atoms. The topological polar surface area (TPSA) is 52.6 Å². The van der Waals surface area contributed by atoms with Crippen molar-refractivity contribution in [1.82, 2.24) is 0 Å². The number of ether oxygens (including phenoxy) is 2. The van der Waals surface area contributed by atoms with Gasteiger partial charge in [-0.15, -0.1) is 0 Å². The van der Waals surface area contributed by atoms with E-state index < -0.39 is 0 Å². The zero-order valence-corrected chi connectivity index (χ0v) is 17.5. The molecule has 0 unspecified atom stereocenters. The van der Waals surface area contributed by atoms with Crippen LogP contribution >= 0.6 is 0 Å². The molecule has 0 aliphatic rings. The SMILES string of the molecule is CCCCCCCCCCC(C(=O)OCCC)=C(CC)C(=O)OCCC. The van der Waals surface area contributed by atoms with Crippen LogP contribution in [0.2, 0.25) is 0 Å². The van der Waals surface area contributed by atoms with E-state index in [4.69, 9.17) is 9.47 Å². The van der Waals surface area contributed by atoms with Gasteiger partial charge >= 0.3 is 11.9 Å². The van der Waals surface area contributed by atoms with Crippen molar-refractivity contribution in [3.8, 4) is 0 Å². The van der Waals surface area contributed by atoms with Gasteiger partial charge in [-0.05, 0) is 32.1 Å². The second-order valence-electron chi connectivity index (χ2n) is 6.81. The lowest BCUT2D eigenvalue weighted by Gasteiger charge is -2.13. The van der Waals surface area contributed by atoms with Gasteiger partial charge in [0.25, 0.3) is 0 Å². The number of carbonyl (C=O) groups is 2. The van der Waals surface area contributed by atoms with E-state index in [1.807, 2.05) is 20.8 Å². The molecule has 0 saturated heterocycles. The molecule has 0 fully saturated rings. The Morgan fingerprint density at radius 2 is 1.04 bits per heavy atom. The number of esters is 2. The van der Waals surface area contributed by atoms with Crippen molar-refractivity contribution in [2.24, 2.45) is 0 Å². The van der Waals surface area contributed by atoms with Crippen LogP contribution in [-0.2, 0) is 19.1 Å². The molecular formula is C22H40O4. The van der Waals surface area contributed by atoms with E-state index in [0.717, 1.165) is 25.7 Å². The zero-order chi connectivity index (χ0) is 19.6. The van der Waals surface area contributed by atoms with Gasteiger partial charge in [0.05, 0.1) is 13.2 Å². The van der Waals surface area contributed by atoms with E-state index in [0.29, 0.717) is 37.2 Å². The maximum atomic E-state index is 12.4. The molecule has 0 aromatic rings. The molecule has 152 valence electrons. The summed E-state index contributed by atoms with van der Waals surface area (Å²) in [6.45, 7) is 8.81. The zero-order valence-electron chi connectivity index (χ0n) is 17.5. The van der Waals surface area contributed by atoms with Gasteiger partial charge in [0.2, 0.25) is 0 Å². The molecule has 26 heavy (non-hydrogen) atoms. The van der Waals surface area contributed by atoms with Gasteiger partial charge in [-0.3, -0.25) is 0 Å². The van der Waals surface area contributed by atoms with Crippen LogP contribution in [0.5, 0.6) is 0 Å². The highest BCUT2D eigenvalue weighted by molar-refractivity contribution is 6.00. The highest BCUT2D eigenvalue weighted by Gasteiger charge is 2.21. The Balaban J connectivity index is 4.70. The minimum Gasteiger partial charge on any atom is -0.462 e. The minimum absolute atomic E-state index is 0.347. The predicted molar refractivity (Wildman–Crippen MR) is 107 cm³/mol. The molecule has 0 radical (unpaired) electrons. The number of hydrogen-bond acceptors (Lipinski definition) is 4. The Labute approximate surface area is 160 Å². The number of hydrogen-bond donors (Lipinski definition) is 0. The number of rotatable bonds is 16. The molecule has 0 saturated carbocycles. The normalized spacial score (nSPS) is 11.8. The third-order valence-electron chi connectivity index (χ3n) is 4.37. The summed E-state index contributed by atoms with van der Waals surface area (Å²) < 4.78 is 10.6. The maximum Gasteiger partial charge on any atom is 0.334 e. The summed E-state index contributed by atoms with van der Waals surface area (Å²) >= 11 is 0. The molecule has 0 amide bonds. The quantitative estimate of drug-likeness (QED) is 0.187. The average Bonchev–Trinajstić information content (AvgIpc) is 2.65. The van der Waals surface area contributed by atoms with Gasteiger partial charge < -0.3 is 9.47 Å². The van der Waals surface area contributed by atoms with Crippen molar-refractivity contribution in [2.45, 2.75) is 105 Å². The molecule has 0 aromatic heterocycles. The predicted octanol–water partition coefficient (Wildman–Crippen LogP) is 6.13. The largest absolute Gasteiger partial charge is 0.462 e. The molecule has 0 atom stereocenters. The van der Waals surface area contributed by atoms with E-state index in [-0.39, 0.29) is 11.9 Å². The lowest BCUT2D eigenvalue weighted by molar-refractivity contribution is -0.142. The Bertz CT molecular complexity index is 412. The fourth-order valence-corrected chi connectivity index (χ4v) is 2.86. The van der Waals surface area contributed by atoms with Crippen molar-refractivity contribution in [3.05, 3.63) is 11.1 Å². The van der Waals surface area contributed by atoms with E-state index in [2.05, 4.69) is 6.92 Å². The number of unbranched alkanes of at least 4 members (excludes halogenated alkanes) is 7. The van der Waals surface area contributed by atoms with Crippen molar-refractivity contribution in [2.75, 3.05) is 13.2 Å². The molecule has 0 N–H and O–H groups in total. The summed E-state index contributed by atoms with van der Waals surface area (Å²) in [5, 5.41) is 0. The summed E-state index contributed by atoms with van der Waals surface area (Å²) in [4.78, 5) is 24.7. The lowest BCUT2D eigenvalue weighted by atomic mass is 9.98. The molecule has 0 aliphatic heterocycles. The molecule has 0 aliphatic carbocycles. The van der Waals surface area contributed by atoms with Gasteiger partial charge in [-0.25, -0.2) is 9.59 Å². The lowest BCUT2D eigenvalue weighted by Crippen LogP contribution is -2.17. The Morgan fingerprint density at radius 1 is 0.577 bits per heavy atom. The van der Waals surface area contributed by atoms with E-state index in [1.54, 1.807) is 0 Å². The summed E-state index contributed by atoms with van der Waals surface area (Å²) in [6, 6.07) is 0. The van der Waals surface area contributed by atoms with Gasteiger partial charge in [0, 0.05) is 11.1 Å². The van der Waals surface area contributed by atoms with Crippen molar-refractivity contribution >= 4 is 11.9 Å². The second kappa shape index (κ2) is 17.1. The monoisotopic (exact) mass is 368 g/mol. The van der Waals surface area contributed by atoms with Crippen LogP contribution in [0.25, 0.3) is 0 Å². The highest BCUT2D eigenvalue weighted by atomic mass is 16.5. The van der Waals surface area contributed by atoms with Crippen LogP contribution in [0.15, 0.2) is 11.1 Å². The van der Waals surface area contributed by atoms with Gasteiger partial charge in [-0.2, -0.15) is 0 Å². The third kappa shape index (κ3) is 11.3. The summed E-state index contributed by atoms with van der Waals surface area (Å²) in [6.07, 6.45) is 12.3. The fraction of sp³-hybridized carbons (Fsp3) is 0.818. The fourth-order valence-electron chi connectivity index (χ4n) is 2.86. The molecule has 0 rings (SSSR count). The first-order valence-corrected chi connectivity index (χ1v) is 10.7. The van der Waals surface area contributed by atoms with Crippen molar-refractivity contribution in [1.29, 1.82) is 0 Å². The standard InChI is InChI=1S/C22H40O4/c1-5-9-10-11-12-13-14-15-16-20(22(24)26-18-7-3)19(8-4)21(23)25-17-6-2/h5-18H2,1-4H3. The van der Waals surface area contributed by atoms with Crippen LogP contribution in [0.3, 0.4) is 0 Å². The average molecular weight is 369 g/mol. The molecule has 0 heterocycles. The third-order valence-corrected chi connectivity index (χ3v) is 4.37. The molecule has 0 bridgehead atoms. The first-order chi connectivity index (χ1) is 12.6.